The minimum atomic E-state index is -3.84. The molecule has 0 fully saturated rings. The molecule has 0 atom stereocenters. The molecule has 10 heteroatoms. The fourth-order valence-corrected chi connectivity index (χ4v) is 5.52. The van der Waals surface area contributed by atoms with Crippen LogP contribution < -0.4 is 5.32 Å². The van der Waals surface area contributed by atoms with Crippen molar-refractivity contribution in [3.63, 3.8) is 0 Å². The molecule has 0 bridgehead atoms. The molecule has 0 heterocycles. The van der Waals surface area contributed by atoms with E-state index in [1.807, 2.05) is 0 Å². The lowest BCUT2D eigenvalue weighted by atomic mass is 9.83. The highest BCUT2D eigenvalue weighted by molar-refractivity contribution is 7.89. The van der Waals surface area contributed by atoms with Crippen molar-refractivity contribution in [2.24, 2.45) is 0 Å². The monoisotopic (exact) mass is 522 g/mol. The third kappa shape index (κ3) is 5.23. The van der Waals surface area contributed by atoms with Gasteiger partial charge < -0.3 is 14.8 Å². The van der Waals surface area contributed by atoms with Gasteiger partial charge >= 0.3 is 0 Å². The van der Waals surface area contributed by atoms with Crippen LogP contribution >= 0.6 is 0 Å². The average molecular weight is 523 g/mol. The molecular formula is C27H26N2O7S. The lowest BCUT2D eigenvalue weighted by Crippen LogP contribution is -2.36. The fourth-order valence-electron chi connectivity index (χ4n) is 4.11. The normalized spacial score (nSPS) is 12.8. The molecule has 1 aliphatic carbocycles. The molecule has 1 N–H and O–H groups in total. The molecule has 0 aromatic heterocycles. The topological polar surface area (TPSA) is 119 Å². The molecule has 0 spiro atoms. The lowest BCUT2D eigenvalue weighted by Gasteiger charge is -2.22. The van der Waals surface area contributed by atoms with Gasteiger partial charge in [0, 0.05) is 49.6 Å². The number of benzene rings is 3. The van der Waals surface area contributed by atoms with E-state index in [9.17, 15) is 22.8 Å². The third-order valence-electron chi connectivity index (χ3n) is 6.04. The molecular weight excluding hydrogens is 496 g/mol. The van der Waals surface area contributed by atoms with Gasteiger partial charge in [-0.2, -0.15) is 4.31 Å². The zero-order valence-electron chi connectivity index (χ0n) is 20.4. The molecule has 0 saturated carbocycles. The zero-order valence-corrected chi connectivity index (χ0v) is 21.2. The Bertz CT molecular complexity index is 1440. The highest BCUT2D eigenvalue weighted by atomic mass is 32.2. The molecule has 0 aliphatic heterocycles. The molecule has 1 aliphatic rings. The summed E-state index contributed by atoms with van der Waals surface area (Å²) in [7, 11) is -0.868. The molecule has 0 unspecified atom stereocenters. The maximum Gasteiger partial charge on any atom is 0.255 e. The van der Waals surface area contributed by atoms with Crippen LogP contribution in [0.3, 0.4) is 0 Å². The maximum atomic E-state index is 13.2. The van der Waals surface area contributed by atoms with Crippen LogP contribution in [-0.4, -0.2) is 70.7 Å². The van der Waals surface area contributed by atoms with E-state index >= 15 is 0 Å². The van der Waals surface area contributed by atoms with Crippen molar-refractivity contribution in [2.75, 3.05) is 45.8 Å². The number of anilines is 1. The quantitative estimate of drug-likeness (QED) is 0.340. The number of carbonyl (C=O) groups excluding carboxylic acids is 3. The van der Waals surface area contributed by atoms with Gasteiger partial charge in [-0.15, -0.1) is 0 Å². The number of sulfonamides is 1. The Kier molecular flexibility index (Phi) is 7.94. The minimum absolute atomic E-state index is 0.0192. The fraction of sp³-hybridized carbons (Fsp3) is 0.222. The standard InChI is InChI=1S/C27H26N2O7S/c1-35-16-14-29(15-17-36-2)37(33,34)19-12-10-18(11-13-19)27(32)28-23-9-5-8-22-24(23)26(31)21-7-4-3-6-20(21)25(22)30/h3-13H,14-17H2,1-2H3,(H,28,32). The molecule has 9 nitrogen and oxygen atoms in total. The number of rotatable bonds is 10. The Morgan fingerprint density at radius 1 is 0.784 bits per heavy atom. The number of methoxy groups -OCH3 is 2. The molecule has 3 aromatic rings. The van der Waals surface area contributed by atoms with Crippen molar-refractivity contribution < 1.29 is 32.3 Å². The molecule has 37 heavy (non-hydrogen) atoms. The van der Waals surface area contributed by atoms with Crippen molar-refractivity contribution in [1.82, 2.24) is 4.31 Å². The van der Waals surface area contributed by atoms with E-state index in [0.717, 1.165) is 0 Å². The predicted molar refractivity (Wildman–Crippen MR) is 137 cm³/mol. The van der Waals surface area contributed by atoms with E-state index in [2.05, 4.69) is 5.32 Å². The summed E-state index contributed by atoms with van der Waals surface area (Å²) in [5, 5.41) is 2.70. The van der Waals surface area contributed by atoms with E-state index in [-0.39, 0.29) is 70.7 Å². The first-order valence-corrected chi connectivity index (χ1v) is 12.9. The van der Waals surface area contributed by atoms with E-state index in [1.165, 1.54) is 42.8 Å². The summed E-state index contributed by atoms with van der Waals surface area (Å²) in [6.45, 7) is 0.742. The van der Waals surface area contributed by atoms with Crippen LogP contribution in [0.4, 0.5) is 5.69 Å². The Balaban J connectivity index is 1.57. The summed E-state index contributed by atoms with van der Waals surface area (Å²) in [5.74, 6) is -1.19. The van der Waals surface area contributed by atoms with Gasteiger partial charge in [0.15, 0.2) is 11.6 Å². The van der Waals surface area contributed by atoms with Gasteiger partial charge in [-0.3, -0.25) is 14.4 Å². The molecule has 4 rings (SSSR count). The number of ketones is 2. The predicted octanol–water partition coefficient (Wildman–Crippen LogP) is 3.00. The van der Waals surface area contributed by atoms with Crippen LogP contribution in [0.25, 0.3) is 0 Å². The third-order valence-corrected chi connectivity index (χ3v) is 7.96. The van der Waals surface area contributed by atoms with Crippen molar-refractivity contribution in [3.8, 4) is 0 Å². The number of hydrogen-bond acceptors (Lipinski definition) is 7. The van der Waals surface area contributed by atoms with Gasteiger partial charge in [0.1, 0.15) is 0 Å². The van der Waals surface area contributed by atoms with Crippen LogP contribution in [0, 0.1) is 0 Å². The first-order chi connectivity index (χ1) is 17.8. The second-order valence-corrected chi connectivity index (χ2v) is 10.2. The largest absolute Gasteiger partial charge is 0.383 e. The van der Waals surface area contributed by atoms with Gasteiger partial charge in [0.05, 0.1) is 29.4 Å². The Labute approximate surface area is 215 Å². The Morgan fingerprint density at radius 3 is 1.95 bits per heavy atom. The number of ether oxygens (including phenoxy) is 2. The first-order valence-electron chi connectivity index (χ1n) is 11.5. The van der Waals surface area contributed by atoms with Gasteiger partial charge in [-0.1, -0.05) is 36.4 Å². The highest BCUT2D eigenvalue weighted by Gasteiger charge is 2.32. The van der Waals surface area contributed by atoms with Gasteiger partial charge in [0.2, 0.25) is 10.0 Å². The van der Waals surface area contributed by atoms with Crippen molar-refractivity contribution in [3.05, 3.63) is 94.5 Å². The lowest BCUT2D eigenvalue weighted by molar-refractivity contribution is 0.0978. The summed E-state index contributed by atoms with van der Waals surface area (Å²) in [6, 6.07) is 16.7. The van der Waals surface area contributed by atoms with Crippen LogP contribution in [0.2, 0.25) is 0 Å². The smallest absolute Gasteiger partial charge is 0.255 e. The number of nitrogens with zero attached hydrogens (tertiary/aromatic N) is 1. The second kappa shape index (κ2) is 11.1. The highest BCUT2D eigenvalue weighted by Crippen LogP contribution is 2.32. The molecule has 0 saturated heterocycles. The molecule has 0 radical (unpaired) electrons. The van der Waals surface area contributed by atoms with Crippen LogP contribution in [-0.2, 0) is 19.5 Å². The van der Waals surface area contributed by atoms with Crippen molar-refractivity contribution >= 4 is 33.2 Å². The minimum Gasteiger partial charge on any atom is -0.383 e. The van der Waals surface area contributed by atoms with Gasteiger partial charge in [-0.05, 0) is 30.3 Å². The van der Waals surface area contributed by atoms with Gasteiger partial charge in [-0.25, -0.2) is 8.42 Å². The summed E-state index contributed by atoms with van der Waals surface area (Å²) in [4.78, 5) is 39.1. The van der Waals surface area contributed by atoms with E-state index in [1.54, 1.807) is 42.5 Å². The Hall–Kier alpha value is -3.70. The van der Waals surface area contributed by atoms with E-state index in [4.69, 9.17) is 9.47 Å². The van der Waals surface area contributed by atoms with Gasteiger partial charge in [0.25, 0.3) is 5.91 Å². The average Bonchev–Trinajstić information content (AvgIpc) is 2.91. The number of hydrogen-bond donors (Lipinski definition) is 1. The first kappa shape index (κ1) is 26.4. The summed E-state index contributed by atoms with van der Waals surface area (Å²) in [5.41, 5.74) is 1.35. The van der Waals surface area contributed by atoms with Crippen LogP contribution in [0.5, 0.6) is 0 Å². The summed E-state index contributed by atoms with van der Waals surface area (Å²) in [6.07, 6.45) is 0. The molecule has 3 aromatic carbocycles. The van der Waals surface area contributed by atoms with Crippen LogP contribution in [0.15, 0.2) is 71.6 Å². The summed E-state index contributed by atoms with van der Waals surface area (Å²) >= 11 is 0. The second-order valence-electron chi connectivity index (χ2n) is 8.30. The number of amides is 1. The van der Waals surface area contributed by atoms with Crippen LogP contribution in [0.1, 0.15) is 42.2 Å². The number of carbonyl (C=O) groups is 3. The van der Waals surface area contributed by atoms with Crippen molar-refractivity contribution in [2.45, 2.75) is 4.90 Å². The Morgan fingerprint density at radius 2 is 1.35 bits per heavy atom. The number of fused-ring (bicyclic) bond motifs is 2. The van der Waals surface area contributed by atoms with E-state index < -0.39 is 15.9 Å². The SMILES string of the molecule is COCCN(CCOC)S(=O)(=O)c1ccc(C(=O)Nc2cccc3c2C(=O)c2ccccc2C3=O)cc1. The number of nitrogens with one attached hydrogen (secondary N) is 1. The van der Waals surface area contributed by atoms with Crippen molar-refractivity contribution in [1.29, 1.82) is 0 Å². The molecule has 192 valence electrons. The maximum absolute atomic E-state index is 13.2. The summed E-state index contributed by atoms with van der Waals surface area (Å²) < 4.78 is 37.5. The van der Waals surface area contributed by atoms with E-state index in [0.29, 0.717) is 5.56 Å². The molecule has 1 amide bonds. The zero-order chi connectivity index (χ0) is 26.6.